The summed E-state index contributed by atoms with van der Waals surface area (Å²) in [6, 6.07) is 26.5. The number of hydrogen-bond donors (Lipinski definition) is 0. The Hall–Kier alpha value is -3.82. The maximum Gasteiger partial charge on any atom is 0.269 e. The highest BCUT2D eigenvalue weighted by Crippen LogP contribution is 2.31. The van der Waals surface area contributed by atoms with E-state index in [1.807, 2.05) is 62.4 Å². The second kappa shape index (κ2) is 10.4. The normalized spacial score (nSPS) is 11.8. The van der Waals surface area contributed by atoms with E-state index in [4.69, 9.17) is 4.99 Å². The molecular weight excluding hydrogens is 542 g/mol. The first-order valence-corrected chi connectivity index (χ1v) is 13.2. The molecule has 0 atom stereocenters. The van der Waals surface area contributed by atoms with Gasteiger partial charge in [0.15, 0.2) is 5.84 Å². The zero-order chi connectivity index (χ0) is 25.9. The van der Waals surface area contributed by atoms with Crippen molar-refractivity contribution < 1.29 is 13.3 Å². The Morgan fingerprint density at radius 1 is 0.833 bits per heavy atom. The zero-order valence-corrected chi connectivity index (χ0v) is 21.9. The fraction of sp³-hybridized carbons (Fsp3) is 0.0741. The number of rotatable bonds is 6. The Bertz CT molecular complexity index is 1530. The molecule has 0 bridgehead atoms. The summed E-state index contributed by atoms with van der Waals surface area (Å²) in [5, 5.41) is 11.1. The van der Waals surface area contributed by atoms with Crippen LogP contribution in [0.4, 0.5) is 17.1 Å². The molecule has 4 aromatic rings. The van der Waals surface area contributed by atoms with Crippen LogP contribution in [0.5, 0.6) is 0 Å². The van der Waals surface area contributed by atoms with Gasteiger partial charge in [0.25, 0.3) is 15.7 Å². The molecule has 4 aromatic carbocycles. The molecule has 36 heavy (non-hydrogen) atoms. The Labute approximate surface area is 218 Å². The molecule has 4 rings (SSSR count). The minimum Gasteiger partial charge on any atom is -0.258 e. The van der Waals surface area contributed by atoms with Gasteiger partial charge in [-0.05, 0) is 56.3 Å². The number of benzene rings is 4. The number of nitro benzene ring substituents is 1. The molecule has 0 aliphatic rings. The number of amidine groups is 1. The molecule has 0 unspecified atom stereocenters. The van der Waals surface area contributed by atoms with Crippen LogP contribution in [0.15, 0.2) is 111 Å². The van der Waals surface area contributed by atoms with Gasteiger partial charge in [-0.15, -0.1) is 0 Å². The number of aryl methyl sites for hydroxylation is 2. The first-order chi connectivity index (χ1) is 17.2. The van der Waals surface area contributed by atoms with E-state index in [1.165, 1.54) is 28.6 Å². The average Bonchev–Trinajstić information content (AvgIpc) is 2.86. The summed E-state index contributed by atoms with van der Waals surface area (Å²) in [4.78, 5) is 15.3. The van der Waals surface area contributed by atoms with Crippen molar-refractivity contribution in [1.82, 2.24) is 0 Å². The predicted molar refractivity (Wildman–Crippen MR) is 145 cm³/mol. The van der Waals surface area contributed by atoms with E-state index in [-0.39, 0.29) is 16.4 Å². The first kappa shape index (κ1) is 25.3. The minimum atomic E-state index is -4.24. The molecule has 0 aliphatic carbocycles. The number of aliphatic imine (C=N–C) groups is 1. The summed E-state index contributed by atoms with van der Waals surface area (Å²) in [5.41, 5.74) is 3.32. The number of hydrogen-bond acceptors (Lipinski definition) is 5. The molecule has 0 fully saturated rings. The van der Waals surface area contributed by atoms with E-state index in [0.717, 1.165) is 11.1 Å². The standard InChI is InChI=1S/C27H22BrN3O4S/c1-19-7-11-21(12-8-19)29-27(25-5-3-4-6-26(25)28)30(22-13-9-20(2)10-14-22)36(34,35)24-17-15-23(16-18-24)31(32)33/h3-18H,1-2H3. The molecule has 0 radical (unpaired) electrons. The van der Waals surface area contributed by atoms with Crippen LogP contribution >= 0.6 is 15.9 Å². The molecule has 0 amide bonds. The fourth-order valence-corrected chi connectivity index (χ4v) is 5.42. The summed E-state index contributed by atoms with van der Waals surface area (Å²) in [7, 11) is -4.24. The van der Waals surface area contributed by atoms with Gasteiger partial charge in [-0.2, -0.15) is 0 Å². The second-order valence-corrected chi connectivity index (χ2v) is 10.7. The number of anilines is 1. The van der Waals surface area contributed by atoms with Crippen molar-refractivity contribution in [2.75, 3.05) is 4.31 Å². The van der Waals surface area contributed by atoms with Gasteiger partial charge in [-0.1, -0.05) is 69.5 Å². The van der Waals surface area contributed by atoms with E-state index in [0.29, 0.717) is 21.4 Å². The van der Waals surface area contributed by atoms with Crippen LogP contribution in [0.1, 0.15) is 16.7 Å². The third-order valence-electron chi connectivity index (χ3n) is 5.43. The van der Waals surface area contributed by atoms with Gasteiger partial charge in [0.05, 0.1) is 21.2 Å². The Morgan fingerprint density at radius 3 is 1.94 bits per heavy atom. The predicted octanol–water partition coefficient (Wildman–Crippen LogP) is 6.95. The number of sulfonamides is 1. The highest BCUT2D eigenvalue weighted by Gasteiger charge is 2.32. The molecule has 9 heteroatoms. The largest absolute Gasteiger partial charge is 0.269 e. The zero-order valence-electron chi connectivity index (χ0n) is 19.5. The summed E-state index contributed by atoms with van der Waals surface area (Å²) in [6.07, 6.45) is 0. The summed E-state index contributed by atoms with van der Waals surface area (Å²) in [6.45, 7) is 3.87. The van der Waals surface area contributed by atoms with E-state index >= 15 is 0 Å². The molecule has 0 saturated carbocycles. The number of non-ortho nitro benzene ring substituents is 1. The van der Waals surface area contributed by atoms with Gasteiger partial charge < -0.3 is 0 Å². The van der Waals surface area contributed by atoms with Crippen LogP contribution in [-0.2, 0) is 10.0 Å². The number of nitro groups is 1. The van der Waals surface area contributed by atoms with Crippen molar-refractivity contribution in [1.29, 1.82) is 0 Å². The van der Waals surface area contributed by atoms with Crippen LogP contribution in [0.2, 0.25) is 0 Å². The van der Waals surface area contributed by atoms with Gasteiger partial charge in [-0.3, -0.25) is 10.1 Å². The van der Waals surface area contributed by atoms with Gasteiger partial charge in [-0.25, -0.2) is 17.7 Å². The third-order valence-corrected chi connectivity index (χ3v) is 7.85. The van der Waals surface area contributed by atoms with Crippen molar-refractivity contribution in [2.24, 2.45) is 4.99 Å². The van der Waals surface area contributed by atoms with Crippen molar-refractivity contribution in [3.8, 4) is 0 Å². The number of halogens is 1. The summed E-state index contributed by atoms with van der Waals surface area (Å²) < 4.78 is 30.1. The van der Waals surface area contributed by atoms with Crippen LogP contribution in [0.3, 0.4) is 0 Å². The topological polar surface area (TPSA) is 92.9 Å². The Morgan fingerprint density at radius 2 is 1.39 bits per heavy atom. The first-order valence-electron chi connectivity index (χ1n) is 10.9. The maximum absolute atomic E-state index is 14.1. The molecule has 0 aliphatic heterocycles. The van der Waals surface area contributed by atoms with Crippen LogP contribution in [0, 0.1) is 24.0 Å². The minimum absolute atomic E-state index is 0.0997. The summed E-state index contributed by atoms with van der Waals surface area (Å²) in [5.74, 6) is 0.175. The van der Waals surface area contributed by atoms with Crippen LogP contribution < -0.4 is 4.31 Å². The molecule has 7 nitrogen and oxygen atoms in total. The SMILES string of the molecule is Cc1ccc(N=C(c2ccccc2Br)N(c2ccc(C)cc2)S(=O)(=O)c2ccc([N+](=O)[O-])cc2)cc1. The van der Waals surface area contributed by atoms with Gasteiger partial charge in [0.1, 0.15) is 0 Å². The van der Waals surface area contributed by atoms with Crippen molar-refractivity contribution in [2.45, 2.75) is 18.7 Å². The molecule has 0 saturated heterocycles. The molecule has 0 aromatic heterocycles. The average molecular weight is 564 g/mol. The quantitative estimate of drug-likeness (QED) is 0.110. The van der Waals surface area contributed by atoms with E-state index in [2.05, 4.69) is 15.9 Å². The summed E-state index contributed by atoms with van der Waals surface area (Å²) >= 11 is 3.55. The van der Waals surface area contributed by atoms with Crippen LogP contribution in [-0.4, -0.2) is 19.2 Å². The lowest BCUT2D eigenvalue weighted by Crippen LogP contribution is -2.38. The van der Waals surface area contributed by atoms with Crippen molar-refractivity contribution in [3.63, 3.8) is 0 Å². The van der Waals surface area contributed by atoms with Gasteiger partial charge in [0, 0.05) is 22.2 Å². The van der Waals surface area contributed by atoms with Crippen molar-refractivity contribution >= 4 is 48.9 Å². The van der Waals surface area contributed by atoms with Gasteiger partial charge in [0.2, 0.25) is 0 Å². The lowest BCUT2D eigenvalue weighted by Gasteiger charge is -2.27. The van der Waals surface area contributed by atoms with Crippen LogP contribution in [0.25, 0.3) is 0 Å². The van der Waals surface area contributed by atoms with Gasteiger partial charge >= 0.3 is 0 Å². The van der Waals surface area contributed by atoms with Crippen molar-refractivity contribution in [3.05, 3.63) is 128 Å². The third kappa shape index (κ3) is 5.37. The lowest BCUT2D eigenvalue weighted by atomic mass is 10.1. The van der Waals surface area contributed by atoms with E-state index < -0.39 is 14.9 Å². The molecule has 0 N–H and O–H groups in total. The smallest absolute Gasteiger partial charge is 0.258 e. The fourth-order valence-electron chi connectivity index (χ4n) is 3.50. The Kier molecular flexibility index (Phi) is 7.32. The second-order valence-electron chi connectivity index (χ2n) is 8.11. The molecule has 0 heterocycles. The molecular formula is C27H22BrN3O4S. The lowest BCUT2D eigenvalue weighted by molar-refractivity contribution is -0.384. The highest BCUT2D eigenvalue weighted by atomic mass is 79.9. The van der Waals surface area contributed by atoms with E-state index in [1.54, 1.807) is 24.3 Å². The Balaban J connectivity index is 2.00. The maximum atomic E-state index is 14.1. The monoisotopic (exact) mass is 563 g/mol. The molecule has 182 valence electrons. The molecule has 0 spiro atoms. The van der Waals surface area contributed by atoms with E-state index in [9.17, 15) is 18.5 Å². The highest BCUT2D eigenvalue weighted by molar-refractivity contribution is 9.10. The number of nitrogens with zero attached hydrogens (tertiary/aromatic N) is 3.